The highest BCUT2D eigenvalue weighted by Gasteiger charge is 2.06. The van der Waals surface area contributed by atoms with E-state index in [1.165, 1.54) is 18.4 Å². The third-order valence-electron chi connectivity index (χ3n) is 1.45. The van der Waals surface area contributed by atoms with Crippen LogP contribution in [0.3, 0.4) is 0 Å². The monoisotopic (exact) mass is 229 g/mol. The summed E-state index contributed by atoms with van der Waals surface area (Å²) in [5.74, 6) is -0.338. The standard InChI is InChI=1S/C8H11N3O3S/c1-5-3-9-7(15-5)11-6(12)4-10-8(13)14-2/h3H,4H2,1-2H3,(H,10,13)(H,9,11,12). The fourth-order valence-electron chi connectivity index (χ4n) is 0.801. The average Bonchev–Trinajstić information content (AvgIpc) is 2.60. The van der Waals surface area contributed by atoms with Crippen molar-refractivity contribution in [1.29, 1.82) is 0 Å². The van der Waals surface area contributed by atoms with Gasteiger partial charge < -0.3 is 15.4 Å². The predicted octanol–water partition coefficient (Wildman–Crippen LogP) is 0.746. The van der Waals surface area contributed by atoms with Gasteiger partial charge in [0.25, 0.3) is 0 Å². The first kappa shape index (κ1) is 11.4. The maximum absolute atomic E-state index is 11.2. The van der Waals surface area contributed by atoms with Gasteiger partial charge in [0.15, 0.2) is 5.13 Å². The molecule has 0 aliphatic heterocycles. The van der Waals surface area contributed by atoms with E-state index < -0.39 is 6.09 Å². The van der Waals surface area contributed by atoms with Crippen molar-refractivity contribution in [3.63, 3.8) is 0 Å². The van der Waals surface area contributed by atoms with Crippen LogP contribution in [0.4, 0.5) is 9.93 Å². The molecule has 1 aromatic heterocycles. The van der Waals surface area contributed by atoms with Crippen molar-refractivity contribution in [3.05, 3.63) is 11.1 Å². The van der Waals surface area contributed by atoms with E-state index in [0.717, 1.165) is 4.88 Å². The van der Waals surface area contributed by atoms with Gasteiger partial charge in [-0.25, -0.2) is 9.78 Å². The summed E-state index contributed by atoms with van der Waals surface area (Å²) in [5, 5.41) is 5.32. The zero-order chi connectivity index (χ0) is 11.3. The molecule has 2 N–H and O–H groups in total. The molecular formula is C8H11N3O3S. The van der Waals surface area contributed by atoms with E-state index in [1.54, 1.807) is 6.20 Å². The molecule has 0 aliphatic carbocycles. The molecule has 0 bridgehead atoms. The van der Waals surface area contributed by atoms with Gasteiger partial charge in [-0.1, -0.05) is 0 Å². The summed E-state index contributed by atoms with van der Waals surface area (Å²) in [6.45, 7) is 1.76. The van der Waals surface area contributed by atoms with Crippen LogP contribution in [-0.4, -0.2) is 30.6 Å². The molecule has 82 valence electrons. The first-order chi connectivity index (χ1) is 7.11. The number of hydrogen-bond donors (Lipinski definition) is 2. The minimum atomic E-state index is -0.638. The first-order valence-electron chi connectivity index (χ1n) is 4.16. The van der Waals surface area contributed by atoms with E-state index in [-0.39, 0.29) is 12.5 Å². The number of aromatic nitrogens is 1. The summed E-state index contributed by atoms with van der Waals surface area (Å²) < 4.78 is 4.31. The van der Waals surface area contributed by atoms with Gasteiger partial charge in [0.1, 0.15) is 6.54 Å². The predicted molar refractivity (Wildman–Crippen MR) is 55.9 cm³/mol. The Labute approximate surface area is 90.7 Å². The molecule has 0 radical (unpaired) electrons. The molecule has 0 spiro atoms. The zero-order valence-electron chi connectivity index (χ0n) is 8.36. The topological polar surface area (TPSA) is 80.3 Å². The maximum atomic E-state index is 11.2. The summed E-state index contributed by atoms with van der Waals surface area (Å²) in [5.41, 5.74) is 0. The molecule has 1 heterocycles. The number of ether oxygens (including phenoxy) is 1. The van der Waals surface area contributed by atoms with E-state index in [9.17, 15) is 9.59 Å². The van der Waals surface area contributed by atoms with Crippen LogP contribution in [0.1, 0.15) is 4.88 Å². The number of alkyl carbamates (subject to hydrolysis) is 1. The normalized spacial score (nSPS) is 9.47. The van der Waals surface area contributed by atoms with Gasteiger partial charge in [-0.05, 0) is 6.92 Å². The van der Waals surface area contributed by atoms with Crippen LogP contribution >= 0.6 is 11.3 Å². The van der Waals surface area contributed by atoms with E-state index >= 15 is 0 Å². The summed E-state index contributed by atoms with van der Waals surface area (Å²) in [4.78, 5) is 26.8. The molecule has 2 amide bonds. The van der Waals surface area contributed by atoms with Gasteiger partial charge in [-0.3, -0.25) is 4.79 Å². The van der Waals surface area contributed by atoms with Crippen molar-refractivity contribution in [2.75, 3.05) is 19.0 Å². The zero-order valence-corrected chi connectivity index (χ0v) is 9.18. The number of carbonyl (C=O) groups excluding carboxylic acids is 2. The highest BCUT2D eigenvalue weighted by molar-refractivity contribution is 7.15. The Kier molecular flexibility index (Phi) is 4.04. The van der Waals surface area contributed by atoms with E-state index in [0.29, 0.717) is 5.13 Å². The summed E-state index contributed by atoms with van der Waals surface area (Å²) in [6, 6.07) is 0. The van der Waals surface area contributed by atoms with Crippen LogP contribution in [0.2, 0.25) is 0 Å². The fraction of sp³-hybridized carbons (Fsp3) is 0.375. The van der Waals surface area contributed by atoms with Gasteiger partial charge in [0.05, 0.1) is 7.11 Å². The number of aryl methyl sites for hydroxylation is 1. The fourth-order valence-corrected chi connectivity index (χ4v) is 1.48. The second kappa shape index (κ2) is 5.30. The third kappa shape index (κ3) is 3.94. The molecule has 1 aromatic rings. The molecule has 1 rings (SSSR count). The summed E-state index contributed by atoms with van der Waals surface area (Å²) in [6.07, 6.45) is 1.02. The molecule has 6 nitrogen and oxygen atoms in total. The van der Waals surface area contributed by atoms with Crippen LogP contribution in [0.15, 0.2) is 6.20 Å². The van der Waals surface area contributed by atoms with Gasteiger partial charge in [-0.15, -0.1) is 11.3 Å². The molecular weight excluding hydrogens is 218 g/mol. The summed E-state index contributed by atoms with van der Waals surface area (Å²) >= 11 is 1.37. The highest BCUT2D eigenvalue weighted by Crippen LogP contribution is 2.15. The van der Waals surface area contributed by atoms with Crippen molar-refractivity contribution < 1.29 is 14.3 Å². The van der Waals surface area contributed by atoms with Crippen molar-refractivity contribution in [3.8, 4) is 0 Å². The molecule has 0 unspecified atom stereocenters. The number of rotatable bonds is 3. The summed E-state index contributed by atoms with van der Waals surface area (Å²) in [7, 11) is 1.23. The van der Waals surface area contributed by atoms with Gasteiger partial charge >= 0.3 is 6.09 Å². The van der Waals surface area contributed by atoms with Crippen molar-refractivity contribution in [2.24, 2.45) is 0 Å². The molecule has 0 aromatic carbocycles. The molecule has 0 fully saturated rings. The minimum Gasteiger partial charge on any atom is -0.453 e. The lowest BCUT2D eigenvalue weighted by molar-refractivity contribution is -0.115. The maximum Gasteiger partial charge on any atom is 0.407 e. The van der Waals surface area contributed by atoms with Gasteiger partial charge in [-0.2, -0.15) is 0 Å². The third-order valence-corrected chi connectivity index (χ3v) is 2.27. The van der Waals surface area contributed by atoms with E-state index in [1.807, 2.05) is 6.92 Å². The molecule has 0 saturated heterocycles. The number of thiazole rings is 1. The Morgan fingerprint density at radius 1 is 1.60 bits per heavy atom. The van der Waals surface area contributed by atoms with Crippen LogP contribution in [0, 0.1) is 6.92 Å². The molecule has 7 heteroatoms. The Morgan fingerprint density at radius 2 is 2.33 bits per heavy atom. The molecule has 0 aliphatic rings. The van der Waals surface area contributed by atoms with Crippen molar-refractivity contribution in [1.82, 2.24) is 10.3 Å². The van der Waals surface area contributed by atoms with E-state index in [4.69, 9.17) is 0 Å². The Hall–Kier alpha value is -1.63. The second-order valence-corrected chi connectivity index (χ2v) is 3.90. The lowest BCUT2D eigenvalue weighted by Crippen LogP contribution is -2.32. The number of nitrogens with one attached hydrogen (secondary N) is 2. The average molecular weight is 229 g/mol. The van der Waals surface area contributed by atoms with Crippen LogP contribution < -0.4 is 10.6 Å². The van der Waals surface area contributed by atoms with Gasteiger partial charge in [0, 0.05) is 11.1 Å². The lowest BCUT2D eigenvalue weighted by Gasteiger charge is -2.02. The van der Waals surface area contributed by atoms with E-state index in [2.05, 4.69) is 20.4 Å². The van der Waals surface area contributed by atoms with Gasteiger partial charge in [0.2, 0.25) is 5.91 Å². The highest BCUT2D eigenvalue weighted by atomic mass is 32.1. The number of nitrogens with zero attached hydrogens (tertiary/aromatic N) is 1. The quantitative estimate of drug-likeness (QED) is 0.801. The molecule has 15 heavy (non-hydrogen) atoms. The Morgan fingerprint density at radius 3 is 2.87 bits per heavy atom. The molecule has 0 atom stereocenters. The van der Waals surface area contributed by atoms with Crippen molar-refractivity contribution >= 4 is 28.5 Å². The number of amides is 2. The second-order valence-electron chi connectivity index (χ2n) is 2.67. The largest absolute Gasteiger partial charge is 0.453 e. The first-order valence-corrected chi connectivity index (χ1v) is 4.97. The number of hydrogen-bond acceptors (Lipinski definition) is 5. The Bertz CT molecular complexity index is 364. The smallest absolute Gasteiger partial charge is 0.407 e. The minimum absolute atomic E-state index is 0.134. The van der Waals surface area contributed by atoms with Crippen LogP contribution in [0.5, 0.6) is 0 Å². The van der Waals surface area contributed by atoms with Crippen molar-refractivity contribution in [2.45, 2.75) is 6.92 Å². The number of anilines is 1. The number of methoxy groups -OCH3 is 1. The lowest BCUT2D eigenvalue weighted by atomic mass is 10.6. The molecule has 0 saturated carbocycles. The SMILES string of the molecule is COC(=O)NCC(=O)Nc1ncc(C)s1. The number of carbonyl (C=O) groups is 2. The van der Waals surface area contributed by atoms with Crippen LogP contribution in [0.25, 0.3) is 0 Å². The Balaban J connectivity index is 2.33. The van der Waals surface area contributed by atoms with Crippen LogP contribution in [-0.2, 0) is 9.53 Å².